The molecule has 3 aromatic rings. The molecule has 0 radical (unpaired) electrons. The maximum absolute atomic E-state index is 12.5. The number of carbonyl (C=O) groups excluding carboxylic acids is 1. The zero-order chi connectivity index (χ0) is 22.5. The summed E-state index contributed by atoms with van der Waals surface area (Å²) in [6.07, 6.45) is 0. The first kappa shape index (κ1) is 21.3. The van der Waals surface area contributed by atoms with Gasteiger partial charge in [-0.15, -0.1) is 10.2 Å². The lowest BCUT2D eigenvalue weighted by atomic mass is 10.0. The van der Waals surface area contributed by atoms with Crippen LogP contribution >= 0.6 is 0 Å². The minimum absolute atomic E-state index is 0.0803. The second kappa shape index (κ2) is 9.48. The molecule has 2 heterocycles. The lowest BCUT2D eigenvalue weighted by Crippen LogP contribution is -2.50. The van der Waals surface area contributed by atoms with Crippen molar-refractivity contribution >= 4 is 11.7 Å². The number of piperazine rings is 1. The number of hydrogen-bond acceptors (Lipinski definition) is 6. The van der Waals surface area contributed by atoms with Crippen LogP contribution in [0.5, 0.6) is 5.75 Å². The van der Waals surface area contributed by atoms with Crippen molar-refractivity contribution in [2.75, 3.05) is 37.7 Å². The third-order valence-electron chi connectivity index (χ3n) is 5.62. The van der Waals surface area contributed by atoms with Gasteiger partial charge in [0.15, 0.2) is 12.4 Å². The molecule has 32 heavy (non-hydrogen) atoms. The Balaban J connectivity index is 1.32. The largest absolute Gasteiger partial charge is 0.482 e. The predicted octanol–water partition coefficient (Wildman–Crippen LogP) is 3.36. The highest BCUT2D eigenvalue weighted by atomic mass is 16.5. The molecule has 162 valence electrons. The van der Waals surface area contributed by atoms with Crippen LogP contribution in [0, 0.1) is 25.2 Å². The molecule has 1 amide bonds. The number of aryl methyl sites for hydroxylation is 2. The van der Waals surface area contributed by atoms with Gasteiger partial charge in [0.2, 0.25) is 0 Å². The molecule has 1 fully saturated rings. The molecule has 0 bridgehead atoms. The second-order valence-corrected chi connectivity index (χ2v) is 7.86. The molecule has 0 N–H and O–H groups in total. The smallest absolute Gasteiger partial charge is 0.260 e. The van der Waals surface area contributed by atoms with E-state index in [2.05, 4.69) is 53.2 Å². The van der Waals surface area contributed by atoms with Crippen LogP contribution in [0.4, 0.5) is 5.82 Å². The molecule has 1 aromatic heterocycles. The first-order valence-electron chi connectivity index (χ1n) is 10.6. The average molecular weight is 428 g/mol. The first-order valence-corrected chi connectivity index (χ1v) is 10.6. The molecule has 7 nitrogen and oxygen atoms in total. The molecule has 0 unspecified atom stereocenters. The quantitative estimate of drug-likeness (QED) is 0.621. The van der Waals surface area contributed by atoms with Crippen molar-refractivity contribution in [3.8, 4) is 23.1 Å². The highest BCUT2D eigenvalue weighted by Crippen LogP contribution is 2.23. The molecule has 0 saturated carbocycles. The summed E-state index contributed by atoms with van der Waals surface area (Å²) in [6, 6.07) is 19.3. The van der Waals surface area contributed by atoms with E-state index in [1.807, 2.05) is 12.1 Å². The average Bonchev–Trinajstić information content (AvgIpc) is 2.83. The summed E-state index contributed by atoms with van der Waals surface area (Å²) in [5, 5.41) is 18.0. The fraction of sp³-hybridized carbons (Fsp3) is 0.280. The van der Waals surface area contributed by atoms with Gasteiger partial charge in [0.25, 0.3) is 5.91 Å². The summed E-state index contributed by atoms with van der Waals surface area (Å²) in [7, 11) is 0. The van der Waals surface area contributed by atoms with Crippen molar-refractivity contribution in [3.63, 3.8) is 0 Å². The van der Waals surface area contributed by atoms with E-state index in [4.69, 9.17) is 10.00 Å². The Kier molecular flexibility index (Phi) is 6.31. The number of amides is 1. The summed E-state index contributed by atoms with van der Waals surface area (Å²) in [6.45, 7) is 6.61. The van der Waals surface area contributed by atoms with Crippen molar-refractivity contribution in [1.29, 1.82) is 5.26 Å². The van der Waals surface area contributed by atoms with Gasteiger partial charge in [-0.1, -0.05) is 35.9 Å². The van der Waals surface area contributed by atoms with Crippen molar-refractivity contribution in [3.05, 3.63) is 71.3 Å². The van der Waals surface area contributed by atoms with Crippen LogP contribution in [0.25, 0.3) is 11.3 Å². The number of nitriles is 1. The van der Waals surface area contributed by atoms with E-state index in [1.54, 1.807) is 29.2 Å². The Labute approximate surface area is 187 Å². The lowest BCUT2D eigenvalue weighted by molar-refractivity contribution is -0.133. The number of hydrogen-bond donors (Lipinski definition) is 0. The van der Waals surface area contributed by atoms with E-state index < -0.39 is 0 Å². The first-order chi connectivity index (χ1) is 15.5. The van der Waals surface area contributed by atoms with Crippen LogP contribution in [-0.2, 0) is 4.79 Å². The number of anilines is 1. The zero-order valence-corrected chi connectivity index (χ0v) is 18.3. The van der Waals surface area contributed by atoms with Gasteiger partial charge >= 0.3 is 0 Å². The van der Waals surface area contributed by atoms with Crippen molar-refractivity contribution in [2.45, 2.75) is 13.8 Å². The summed E-state index contributed by atoms with van der Waals surface area (Å²) in [4.78, 5) is 16.5. The third-order valence-corrected chi connectivity index (χ3v) is 5.62. The Bertz CT molecular complexity index is 1150. The van der Waals surface area contributed by atoms with Crippen LogP contribution in [0.1, 0.15) is 16.7 Å². The molecule has 1 aliphatic rings. The third kappa shape index (κ3) is 4.70. The van der Waals surface area contributed by atoms with Crippen LogP contribution in [0.15, 0.2) is 54.6 Å². The minimum atomic E-state index is -0.0892. The van der Waals surface area contributed by atoms with E-state index in [0.717, 1.165) is 17.1 Å². The molecule has 1 aliphatic heterocycles. The highest BCUT2D eigenvalue weighted by molar-refractivity contribution is 5.78. The van der Waals surface area contributed by atoms with Crippen molar-refractivity contribution in [1.82, 2.24) is 15.1 Å². The lowest BCUT2D eigenvalue weighted by Gasteiger charge is -2.35. The van der Waals surface area contributed by atoms with Gasteiger partial charge in [0.1, 0.15) is 11.8 Å². The Morgan fingerprint density at radius 1 is 1.03 bits per heavy atom. The monoisotopic (exact) mass is 427 g/mol. The number of nitrogens with zero attached hydrogens (tertiary/aromatic N) is 5. The number of benzene rings is 2. The maximum Gasteiger partial charge on any atom is 0.260 e. The fourth-order valence-corrected chi connectivity index (χ4v) is 3.84. The van der Waals surface area contributed by atoms with E-state index in [-0.39, 0.29) is 12.5 Å². The highest BCUT2D eigenvalue weighted by Gasteiger charge is 2.23. The molecule has 0 spiro atoms. The van der Waals surface area contributed by atoms with Gasteiger partial charge in [-0.25, -0.2) is 0 Å². The van der Waals surface area contributed by atoms with Crippen molar-refractivity contribution < 1.29 is 9.53 Å². The summed E-state index contributed by atoms with van der Waals surface area (Å²) < 4.78 is 5.58. The molecular weight excluding hydrogens is 402 g/mol. The fourth-order valence-electron chi connectivity index (χ4n) is 3.84. The topological polar surface area (TPSA) is 82.4 Å². The van der Waals surface area contributed by atoms with E-state index in [0.29, 0.717) is 37.5 Å². The second-order valence-electron chi connectivity index (χ2n) is 7.86. The summed E-state index contributed by atoms with van der Waals surface area (Å²) in [5.74, 6) is 1.15. The summed E-state index contributed by atoms with van der Waals surface area (Å²) in [5.41, 5.74) is 4.77. The van der Waals surface area contributed by atoms with Gasteiger partial charge in [-0.3, -0.25) is 4.79 Å². The van der Waals surface area contributed by atoms with E-state index >= 15 is 0 Å². The Morgan fingerprint density at radius 2 is 1.81 bits per heavy atom. The molecule has 2 aromatic carbocycles. The van der Waals surface area contributed by atoms with Crippen molar-refractivity contribution in [2.24, 2.45) is 0 Å². The normalized spacial score (nSPS) is 13.5. The van der Waals surface area contributed by atoms with Gasteiger partial charge in [0, 0.05) is 31.7 Å². The van der Waals surface area contributed by atoms with Crippen LogP contribution in [0.2, 0.25) is 0 Å². The Morgan fingerprint density at radius 3 is 2.50 bits per heavy atom. The van der Waals surface area contributed by atoms with Gasteiger partial charge in [-0.2, -0.15) is 5.26 Å². The van der Waals surface area contributed by atoms with Gasteiger partial charge < -0.3 is 14.5 Å². The van der Waals surface area contributed by atoms with Crippen LogP contribution in [-0.4, -0.2) is 53.8 Å². The molecule has 0 atom stereocenters. The van der Waals surface area contributed by atoms with Crippen LogP contribution in [0.3, 0.4) is 0 Å². The molecule has 0 aliphatic carbocycles. The number of rotatable bonds is 5. The number of para-hydroxylation sites is 1. The summed E-state index contributed by atoms with van der Waals surface area (Å²) >= 11 is 0. The van der Waals surface area contributed by atoms with Crippen LogP contribution < -0.4 is 9.64 Å². The molecule has 7 heteroatoms. The molecule has 1 saturated heterocycles. The Hall–Kier alpha value is -3.92. The SMILES string of the molecule is Cc1ccc(-c2ccc(N3CCN(C(=O)COc4ccccc4C#N)CC3)nn2)c(C)c1. The van der Waals surface area contributed by atoms with E-state index in [1.165, 1.54) is 11.1 Å². The number of carbonyl (C=O) groups is 1. The number of aromatic nitrogens is 2. The van der Waals surface area contributed by atoms with Gasteiger partial charge in [0.05, 0.1) is 11.3 Å². The van der Waals surface area contributed by atoms with E-state index in [9.17, 15) is 4.79 Å². The zero-order valence-electron chi connectivity index (χ0n) is 18.3. The molecular formula is C25H25N5O2. The maximum atomic E-state index is 12.5. The standard InChI is InChI=1S/C25H25N5O2/c1-18-7-8-21(19(2)15-18)22-9-10-24(28-27-22)29-11-13-30(14-12-29)25(31)17-32-23-6-4-3-5-20(23)16-26/h3-10,15H,11-14,17H2,1-2H3. The van der Waals surface area contributed by atoms with Gasteiger partial charge in [-0.05, 0) is 43.7 Å². The molecule has 4 rings (SSSR count). The number of ether oxygens (including phenoxy) is 1. The minimum Gasteiger partial charge on any atom is -0.482 e. The predicted molar refractivity (Wildman–Crippen MR) is 122 cm³/mol.